The quantitative estimate of drug-likeness (QED) is 0.677. The van der Waals surface area contributed by atoms with Crippen molar-refractivity contribution in [3.8, 4) is 0 Å². The van der Waals surface area contributed by atoms with E-state index >= 15 is 0 Å². The molecule has 0 saturated heterocycles. The molecule has 18 heavy (non-hydrogen) atoms. The fourth-order valence-corrected chi connectivity index (χ4v) is 3.10. The van der Waals surface area contributed by atoms with Gasteiger partial charge in [-0.25, -0.2) is 4.98 Å². The van der Waals surface area contributed by atoms with Crippen LogP contribution in [0, 0.1) is 0 Å². The summed E-state index contributed by atoms with van der Waals surface area (Å²) in [7, 11) is 0. The summed E-state index contributed by atoms with van der Waals surface area (Å²) in [4.78, 5) is 20.8. The summed E-state index contributed by atoms with van der Waals surface area (Å²) in [5.74, 6) is -0.110. The molecular formula is C13H7BrN2OS. The molecule has 0 aliphatic carbocycles. The molecule has 88 valence electrons. The van der Waals surface area contributed by atoms with Gasteiger partial charge in [0.2, 0.25) is 5.78 Å². The number of carbonyl (C=O) groups is 1. The lowest BCUT2D eigenvalue weighted by Crippen LogP contribution is -2.04. The molecule has 5 heteroatoms. The fourth-order valence-electron chi connectivity index (χ4n) is 1.65. The summed E-state index contributed by atoms with van der Waals surface area (Å²) >= 11 is 4.83. The zero-order valence-corrected chi connectivity index (χ0v) is 11.5. The minimum Gasteiger partial charge on any atom is -0.287 e. The first-order valence-corrected chi connectivity index (χ1v) is 6.97. The average molecular weight is 319 g/mol. The minimum atomic E-state index is -0.110. The van der Waals surface area contributed by atoms with Crippen LogP contribution in [0.2, 0.25) is 0 Å². The number of carbonyl (C=O) groups excluding carboxylic acids is 1. The zero-order chi connectivity index (χ0) is 12.5. The van der Waals surface area contributed by atoms with Gasteiger partial charge in [-0.05, 0) is 28.1 Å². The number of hydrogen-bond acceptors (Lipinski definition) is 4. The van der Waals surface area contributed by atoms with E-state index < -0.39 is 0 Å². The van der Waals surface area contributed by atoms with Crippen molar-refractivity contribution in [3.05, 3.63) is 57.0 Å². The lowest BCUT2D eigenvalue weighted by atomic mass is 10.1. The third kappa shape index (κ3) is 1.95. The Morgan fingerprint density at radius 1 is 1.17 bits per heavy atom. The standard InChI is InChI=1S/C13H7BrN2OS/c14-9-7-18-6-8(9)13(17)12-5-15-10-3-1-2-4-11(10)16-12/h1-7H. The number of hydrogen-bond donors (Lipinski definition) is 0. The van der Waals surface area contributed by atoms with Gasteiger partial charge in [-0.1, -0.05) is 12.1 Å². The second kappa shape index (κ2) is 4.59. The van der Waals surface area contributed by atoms with Gasteiger partial charge in [0.05, 0.1) is 17.2 Å². The van der Waals surface area contributed by atoms with E-state index in [0.29, 0.717) is 11.3 Å². The van der Waals surface area contributed by atoms with Crippen LogP contribution in [0.15, 0.2) is 45.7 Å². The van der Waals surface area contributed by atoms with Gasteiger partial charge in [0.15, 0.2) is 0 Å². The van der Waals surface area contributed by atoms with E-state index in [1.807, 2.05) is 35.0 Å². The summed E-state index contributed by atoms with van der Waals surface area (Å²) in [6.45, 7) is 0. The summed E-state index contributed by atoms with van der Waals surface area (Å²) in [6.07, 6.45) is 1.52. The number of benzene rings is 1. The highest BCUT2D eigenvalue weighted by molar-refractivity contribution is 9.10. The molecule has 3 aromatic rings. The molecule has 0 fully saturated rings. The average Bonchev–Trinajstić information content (AvgIpc) is 2.83. The molecule has 0 aliphatic rings. The molecule has 2 aromatic heterocycles. The highest BCUT2D eigenvalue weighted by Crippen LogP contribution is 2.23. The van der Waals surface area contributed by atoms with Crippen molar-refractivity contribution in [2.24, 2.45) is 0 Å². The third-order valence-corrected chi connectivity index (χ3v) is 4.24. The van der Waals surface area contributed by atoms with Crippen molar-refractivity contribution in [1.82, 2.24) is 9.97 Å². The zero-order valence-electron chi connectivity index (χ0n) is 9.13. The SMILES string of the molecule is O=C(c1cnc2ccccc2n1)c1cscc1Br. The Balaban J connectivity index is 2.10. The number of thiophene rings is 1. The van der Waals surface area contributed by atoms with Crippen molar-refractivity contribution >= 4 is 44.1 Å². The number of halogens is 1. The van der Waals surface area contributed by atoms with E-state index in [4.69, 9.17) is 0 Å². The molecule has 0 radical (unpaired) electrons. The molecule has 0 unspecified atom stereocenters. The number of rotatable bonds is 2. The molecule has 3 nitrogen and oxygen atoms in total. The third-order valence-electron chi connectivity index (χ3n) is 2.54. The van der Waals surface area contributed by atoms with E-state index in [1.54, 1.807) is 0 Å². The van der Waals surface area contributed by atoms with E-state index in [1.165, 1.54) is 17.5 Å². The van der Waals surface area contributed by atoms with Crippen molar-refractivity contribution in [3.63, 3.8) is 0 Å². The van der Waals surface area contributed by atoms with Crippen LogP contribution in [-0.2, 0) is 0 Å². The van der Waals surface area contributed by atoms with Crippen LogP contribution in [0.1, 0.15) is 16.1 Å². The van der Waals surface area contributed by atoms with Gasteiger partial charge in [-0.3, -0.25) is 9.78 Å². The monoisotopic (exact) mass is 318 g/mol. The lowest BCUT2D eigenvalue weighted by Gasteiger charge is -2.00. The Kier molecular flexibility index (Phi) is 2.93. The van der Waals surface area contributed by atoms with E-state index in [0.717, 1.165) is 15.5 Å². The summed E-state index contributed by atoms with van der Waals surface area (Å²) in [5.41, 5.74) is 2.52. The first-order chi connectivity index (χ1) is 8.75. The Morgan fingerprint density at radius 2 is 1.94 bits per heavy atom. The van der Waals surface area contributed by atoms with Crippen molar-refractivity contribution in [2.45, 2.75) is 0 Å². The molecule has 0 bridgehead atoms. The maximum atomic E-state index is 12.2. The molecule has 3 rings (SSSR count). The maximum Gasteiger partial charge on any atom is 0.214 e. The van der Waals surface area contributed by atoms with Crippen molar-refractivity contribution in [1.29, 1.82) is 0 Å². The van der Waals surface area contributed by atoms with Gasteiger partial charge >= 0.3 is 0 Å². The highest BCUT2D eigenvalue weighted by Gasteiger charge is 2.15. The summed E-state index contributed by atoms with van der Waals surface area (Å²) < 4.78 is 0.799. The predicted octanol–water partition coefficient (Wildman–Crippen LogP) is 3.68. The molecule has 2 heterocycles. The predicted molar refractivity (Wildman–Crippen MR) is 75.0 cm³/mol. The van der Waals surface area contributed by atoms with Gasteiger partial charge in [-0.2, -0.15) is 11.3 Å². The molecule has 0 spiro atoms. The largest absolute Gasteiger partial charge is 0.287 e. The highest BCUT2D eigenvalue weighted by atomic mass is 79.9. The van der Waals surface area contributed by atoms with Crippen LogP contribution in [-0.4, -0.2) is 15.8 Å². The van der Waals surface area contributed by atoms with Gasteiger partial charge in [0.1, 0.15) is 5.69 Å². The fraction of sp³-hybridized carbons (Fsp3) is 0. The second-order valence-electron chi connectivity index (χ2n) is 3.71. The maximum absolute atomic E-state index is 12.2. The second-order valence-corrected chi connectivity index (χ2v) is 5.30. The topological polar surface area (TPSA) is 42.9 Å². The summed E-state index contributed by atoms with van der Waals surface area (Å²) in [6, 6.07) is 7.50. The van der Waals surface area contributed by atoms with E-state index in [9.17, 15) is 4.79 Å². The molecule has 0 aliphatic heterocycles. The molecule has 0 N–H and O–H groups in total. The molecule has 0 atom stereocenters. The Labute approximate surface area is 116 Å². The lowest BCUT2D eigenvalue weighted by molar-refractivity contribution is 0.103. The number of para-hydroxylation sites is 2. The molecule has 1 aromatic carbocycles. The number of fused-ring (bicyclic) bond motifs is 1. The van der Waals surface area contributed by atoms with Gasteiger partial charge in [0, 0.05) is 20.8 Å². The van der Waals surface area contributed by atoms with Crippen LogP contribution in [0.5, 0.6) is 0 Å². The van der Waals surface area contributed by atoms with Crippen LogP contribution >= 0.6 is 27.3 Å². The van der Waals surface area contributed by atoms with Crippen molar-refractivity contribution in [2.75, 3.05) is 0 Å². The van der Waals surface area contributed by atoms with Gasteiger partial charge in [0.25, 0.3) is 0 Å². The first kappa shape index (κ1) is 11.5. The number of ketones is 1. The molecule has 0 saturated carbocycles. The number of nitrogens with zero attached hydrogens (tertiary/aromatic N) is 2. The van der Waals surface area contributed by atoms with Crippen LogP contribution < -0.4 is 0 Å². The normalized spacial score (nSPS) is 10.7. The van der Waals surface area contributed by atoms with Crippen LogP contribution in [0.3, 0.4) is 0 Å². The van der Waals surface area contributed by atoms with Gasteiger partial charge < -0.3 is 0 Å². The van der Waals surface area contributed by atoms with Crippen molar-refractivity contribution < 1.29 is 4.79 Å². The van der Waals surface area contributed by atoms with E-state index in [2.05, 4.69) is 25.9 Å². The molecular weight excluding hydrogens is 312 g/mol. The Morgan fingerprint density at radius 3 is 2.67 bits per heavy atom. The smallest absolute Gasteiger partial charge is 0.214 e. The molecule has 0 amide bonds. The minimum absolute atomic E-state index is 0.110. The number of aromatic nitrogens is 2. The van der Waals surface area contributed by atoms with E-state index in [-0.39, 0.29) is 5.78 Å². The van der Waals surface area contributed by atoms with Crippen LogP contribution in [0.4, 0.5) is 0 Å². The summed E-state index contributed by atoms with van der Waals surface area (Å²) in [5, 5.41) is 3.69. The first-order valence-electron chi connectivity index (χ1n) is 5.24. The Bertz CT molecular complexity index is 738. The van der Waals surface area contributed by atoms with Gasteiger partial charge in [-0.15, -0.1) is 0 Å². The van der Waals surface area contributed by atoms with Crippen LogP contribution in [0.25, 0.3) is 11.0 Å². The Hall–Kier alpha value is -1.59.